The van der Waals surface area contributed by atoms with Gasteiger partial charge in [0, 0.05) is 23.5 Å². The average molecular weight is 192 g/mol. The summed E-state index contributed by atoms with van der Waals surface area (Å²) in [4.78, 5) is 5.40. The molecule has 0 radical (unpaired) electrons. The standard InChI is InChI=1S/C10H12N2S/c13-9-5-2-1-4-8(9)10-11-6-3-7-12-10/h1-2,4-5,13H,3,6-7H2,(H,11,12). The van der Waals surface area contributed by atoms with Gasteiger partial charge in [-0.15, -0.1) is 12.6 Å². The first-order valence-corrected chi connectivity index (χ1v) is 4.89. The molecule has 13 heavy (non-hydrogen) atoms. The smallest absolute Gasteiger partial charge is 0.129 e. The highest BCUT2D eigenvalue weighted by Crippen LogP contribution is 2.14. The number of hydrogen-bond donors (Lipinski definition) is 2. The second-order valence-electron chi connectivity index (χ2n) is 3.03. The van der Waals surface area contributed by atoms with Crippen molar-refractivity contribution in [3.05, 3.63) is 29.8 Å². The van der Waals surface area contributed by atoms with Gasteiger partial charge < -0.3 is 5.32 Å². The molecule has 1 aromatic carbocycles. The van der Waals surface area contributed by atoms with Crippen LogP contribution in [0.1, 0.15) is 12.0 Å². The van der Waals surface area contributed by atoms with Crippen LogP contribution in [0.25, 0.3) is 0 Å². The van der Waals surface area contributed by atoms with Gasteiger partial charge in [-0.3, -0.25) is 4.99 Å². The Hall–Kier alpha value is -0.960. The van der Waals surface area contributed by atoms with E-state index >= 15 is 0 Å². The molecule has 0 spiro atoms. The lowest BCUT2D eigenvalue weighted by Gasteiger charge is -2.15. The zero-order valence-corrected chi connectivity index (χ0v) is 8.22. The van der Waals surface area contributed by atoms with Crippen LogP contribution in [0, 0.1) is 0 Å². The number of rotatable bonds is 1. The molecule has 0 atom stereocenters. The van der Waals surface area contributed by atoms with Gasteiger partial charge in [-0.05, 0) is 12.5 Å². The van der Waals surface area contributed by atoms with Crippen LogP contribution in [-0.2, 0) is 0 Å². The van der Waals surface area contributed by atoms with Crippen LogP contribution in [0.4, 0.5) is 0 Å². The van der Waals surface area contributed by atoms with E-state index in [1.54, 1.807) is 0 Å². The SMILES string of the molecule is Sc1ccccc1C1=NCCCN1. The molecule has 1 heterocycles. The molecule has 1 aliphatic heterocycles. The van der Waals surface area contributed by atoms with Crippen molar-refractivity contribution in [2.45, 2.75) is 11.3 Å². The fourth-order valence-electron chi connectivity index (χ4n) is 1.39. The Morgan fingerprint density at radius 3 is 2.85 bits per heavy atom. The van der Waals surface area contributed by atoms with Crippen LogP contribution in [0.3, 0.4) is 0 Å². The Morgan fingerprint density at radius 1 is 1.31 bits per heavy atom. The van der Waals surface area contributed by atoms with E-state index in [9.17, 15) is 0 Å². The molecular formula is C10H12N2S. The molecule has 1 aliphatic rings. The first-order valence-electron chi connectivity index (χ1n) is 4.44. The van der Waals surface area contributed by atoms with E-state index in [2.05, 4.69) is 22.9 Å². The van der Waals surface area contributed by atoms with Crippen molar-refractivity contribution in [3.8, 4) is 0 Å². The monoisotopic (exact) mass is 192 g/mol. The topological polar surface area (TPSA) is 24.4 Å². The summed E-state index contributed by atoms with van der Waals surface area (Å²) in [7, 11) is 0. The molecule has 0 saturated heterocycles. The summed E-state index contributed by atoms with van der Waals surface area (Å²) in [6.45, 7) is 1.94. The predicted octanol–water partition coefficient (Wildman–Crippen LogP) is 1.72. The molecule has 2 rings (SSSR count). The molecule has 0 aromatic heterocycles. The van der Waals surface area contributed by atoms with Gasteiger partial charge >= 0.3 is 0 Å². The van der Waals surface area contributed by atoms with Gasteiger partial charge in [-0.1, -0.05) is 18.2 Å². The molecule has 68 valence electrons. The molecule has 0 amide bonds. The van der Waals surface area contributed by atoms with Crippen LogP contribution >= 0.6 is 12.6 Å². The minimum Gasteiger partial charge on any atom is -0.370 e. The van der Waals surface area contributed by atoms with Crippen molar-refractivity contribution < 1.29 is 0 Å². The van der Waals surface area contributed by atoms with E-state index in [0.29, 0.717) is 0 Å². The summed E-state index contributed by atoms with van der Waals surface area (Å²) in [6.07, 6.45) is 1.12. The highest BCUT2D eigenvalue weighted by molar-refractivity contribution is 7.80. The van der Waals surface area contributed by atoms with E-state index in [1.807, 2.05) is 24.3 Å². The Labute approximate surface area is 83.5 Å². The van der Waals surface area contributed by atoms with Crippen molar-refractivity contribution in [1.29, 1.82) is 0 Å². The second-order valence-corrected chi connectivity index (χ2v) is 3.51. The summed E-state index contributed by atoms with van der Waals surface area (Å²) >= 11 is 4.39. The summed E-state index contributed by atoms with van der Waals surface area (Å²) < 4.78 is 0. The second kappa shape index (κ2) is 3.83. The Bertz CT molecular complexity index is 333. The van der Waals surface area contributed by atoms with Crippen molar-refractivity contribution in [2.75, 3.05) is 13.1 Å². The van der Waals surface area contributed by atoms with Crippen molar-refractivity contribution in [3.63, 3.8) is 0 Å². The molecule has 0 bridgehead atoms. The number of nitrogens with one attached hydrogen (secondary N) is 1. The lowest BCUT2D eigenvalue weighted by atomic mass is 10.2. The number of hydrogen-bond acceptors (Lipinski definition) is 3. The molecule has 2 nitrogen and oxygen atoms in total. The fourth-order valence-corrected chi connectivity index (χ4v) is 1.65. The summed E-state index contributed by atoms with van der Waals surface area (Å²) in [6, 6.07) is 8.01. The van der Waals surface area contributed by atoms with Crippen LogP contribution in [0.5, 0.6) is 0 Å². The van der Waals surface area contributed by atoms with E-state index in [0.717, 1.165) is 35.8 Å². The Kier molecular flexibility index (Phi) is 2.54. The highest BCUT2D eigenvalue weighted by Gasteiger charge is 2.08. The zero-order valence-electron chi connectivity index (χ0n) is 7.33. The minimum atomic E-state index is 0.921. The van der Waals surface area contributed by atoms with Gasteiger partial charge in [0.15, 0.2) is 0 Å². The van der Waals surface area contributed by atoms with Gasteiger partial charge in [-0.25, -0.2) is 0 Å². The first kappa shape index (κ1) is 8.63. The van der Waals surface area contributed by atoms with Crippen molar-refractivity contribution in [2.24, 2.45) is 4.99 Å². The third-order valence-electron chi connectivity index (χ3n) is 2.06. The van der Waals surface area contributed by atoms with E-state index < -0.39 is 0 Å². The Morgan fingerprint density at radius 2 is 2.15 bits per heavy atom. The predicted molar refractivity (Wildman–Crippen MR) is 57.7 cm³/mol. The largest absolute Gasteiger partial charge is 0.370 e. The summed E-state index contributed by atoms with van der Waals surface area (Å²) in [5.74, 6) is 0.983. The molecule has 0 saturated carbocycles. The number of nitrogens with zero attached hydrogens (tertiary/aromatic N) is 1. The molecular weight excluding hydrogens is 180 g/mol. The first-order chi connectivity index (χ1) is 6.38. The minimum absolute atomic E-state index is 0.921. The van der Waals surface area contributed by atoms with Crippen molar-refractivity contribution >= 4 is 18.5 Å². The molecule has 3 heteroatoms. The quantitative estimate of drug-likeness (QED) is 0.650. The third kappa shape index (κ3) is 1.86. The van der Waals surface area contributed by atoms with Crippen LogP contribution < -0.4 is 5.32 Å². The van der Waals surface area contributed by atoms with Gasteiger partial charge in [0.2, 0.25) is 0 Å². The molecule has 0 unspecified atom stereocenters. The van der Waals surface area contributed by atoms with Gasteiger partial charge in [0.1, 0.15) is 5.84 Å². The fraction of sp³-hybridized carbons (Fsp3) is 0.300. The van der Waals surface area contributed by atoms with Gasteiger partial charge in [0.25, 0.3) is 0 Å². The zero-order chi connectivity index (χ0) is 9.10. The van der Waals surface area contributed by atoms with Crippen LogP contribution in [0.15, 0.2) is 34.2 Å². The highest BCUT2D eigenvalue weighted by atomic mass is 32.1. The van der Waals surface area contributed by atoms with Gasteiger partial charge in [-0.2, -0.15) is 0 Å². The van der Waals surface area contributed by atoms with Crippen LogP contribution in [0.2, 0.25) is 0 Å². The lowest BCUT2D eigenvalue weighted by molar-refractivity contribution is 0.741. The maximum absolute atomic E-state index is 4.42. The number of amidine groups is 1. The van der Waals surface area contributed by atoms with E-state index in [4.69, 9.17) is 0 Å². The molecule has 0 aliphatic carbocycles. The number of benzene rings is 1. The average Bonchev–Trinajstić information content (AvgIpc) is 2.20. The van der Waals surface area contributed by atoms with Crippen molar-refractivity contribution in [1.82, 2.24) is 5.32 Å². The lowest BCUT2D eigenvalue weighted by Crippen LogP contribution is -2.30. The van der Waals surface area contributed by atoms with Crippen LogP contribution in [-0.4, -0.2) is 18.9 Å². The van der Waals surface area contributed by atoms with E-state index in [-0.39, 0.29) is 0 Å². The molecule has 1 N–H and O–H groups in total. The number of aliphatic imine (C=N–C) groups is 1. The maximum atomic E-state index is 4.42. The summed E-state index contributed by atoms with van der Waals surface area (Å²) in [5.41, 5.74) is 1.10. The Balaban J connectivity index is 2.34. The summed E-state index contributed by atoms with van der Waals surface area (Å²) in [5, 5.41) is 3.28. The maximum Gasteiger partial charge on any atom is 0.129 e. The third-order valence-corrected chi connectivity index (χ3v) is 2.45. The van der Waals surface area contributed by atoms with E-state index in [1.165, 1.54) is 0 Å². The van der Waals surface area contributed by atoms with Gasteiger partial charge in [0.05, 0.1) is 0 Å². The molecule has 1 aromatic rings. The molecule has 0 fully saturated rings. The number of thiol groups is 1. The normalized spacial score (nSPS) is 16.2.